The van der Waals surface area contributed by atoms with Crippen molar-refractivity contribution in [1.82, 2.24) is 0 Å². The van der Waals surface area contributed by atoms with Crippen LogP contribution in [0.15, 0.2) is 12.1 Å². The van der Waals surface area contributed by atoms with Crippen LogP contribution in [0.25, 0.3) is 0 Å². The van der Waals surface area contributed by atoms with Crippen molar-refractivity contribution in [3.05, 3.63) is 34.4 Å². The quantitative estimate of drug-likeness (QED) is 0.474. The zero-order chi connectivity index (χ0) is 14.8. The number of rotatable bonds is 4. The number of esters is 1. The molecule has 1 aromatic carbocycles. The summed E-state index contributed by atoms with van der Waals surface area (Å²) in [4.78, 5) is 24.6. The predicted octanol–water partition coefficient (Wildman–Crippen LogP) is 3.38. The van der Waals surface area contributed by atoms with Gasteiger partial charge in [-0.25, -0.2) is 0 Å². The third kappa shape index (κ3) is 3.03. The van der Waals surface area contributed by atoms with E-state index in [9.17, 15) is 9.59 Å². The van der Waals surface area contributed by atoms with Gasteiger partial charge in [0.05, 0.1) is 6.61 Å². The molecular formula is C16H22O3. The van der Waals surface area contributed by atoms with E-state index in [1.807, 2.05) is 32.9 Å². The number of carbonyl (C=O) groups is 2. The highest BCUT2D eigenvalue weighted by Crippen LogP contribution is 2.28. The Morgan fingerprint density at radius 2 is 1.58 bits per heavy atom. The van der Waals surface area contributed by atoms with Crippen molar-refractivity contribution >= 4 is 11.8 Å². The molecule has 0 aliphatic rings. The van der Waals surface area contributed by atoms with Gasteiger partial charge in [-0.15, -0.1) is 0 Å². The number of hydrogen-bond acceptors (Lipinski definition) is 3. The van der Waals surface area contributed by atoms with Crippen molar-refractivity contribution < 1.29 is 14.3 Å². The second-order valence-electron chi connectivity index (χ2n) is 5.45. The molecule has 0 radical (unpaired) electrons. The van der Waals surface area contributed by atoms with Crippen LogP contribution in [0.2, 0.25) is 0 Å². The SMILES string of the molecule is CCOC(=O)C(C)(C)C(=O)c1c(C)cc(C)cc1C. The van der Waals surface area contributed by atoms with Crippen molar-refractivity contribution in [3.8, 4) is 0 Å². The summed E-state index contributed by atoms with van der Waals surface area (Å²) in [5.74, 6) is -0.652. The highest BCUT2D eigenvalue weighted by molar-refractivity contribution is 6.13. The van der Waals surface area contributed by atoms with Crippen molar-refractivity contribution in [2.45, 2.75) is 41.5 Å². The number of carbonyl (C=O) groups excluding carboxylic acids is 2. The molecule has 0 aliphatic carbocycles. The van der Waals surface area contributed by atoms with Gasteiger partial charge in [-0.3, -0.25) is 9.59 Å². The van der Waals surface area contributed by atoms with Gasteiger partial charge in [-0.1, -0.05) is 17.7 Å². The lowest BCUT2D eigenvalue weighted by molar-refractivity contribution is -0.150. The van der Waals surface area contributed by atoms with Crippen molar-refractivity contribution in [2.75, 3.05) is 6.61 Å². The molecule has 0 saturated heterocycles. The fourth-order valence-corrected chi connectivity index (χ4v) is 2.25. The molecule has 0 atom stereocenters. The first-order valence-corrected chi connectivity index (χ1v) is 6.51. The monoisotopic (exact) mass is 262 g/mol. The van der Waals surface area contributed by atoms with E-state index in [4.69, 9.17) is 4.74 Å². The van der Waals surface area contributed by atoms with E-state index in [-0.39, 0.29) is 12.4 Å². The second kappa shape index (κ2) is 5.55. The summed E-state index contributed by atoms with van der Waals surface area (Å²) >= 11 is 0. The molecule has 3 heteroatoms. The van der Waals surface area contributed by atoms with Gasteiger partial charge >= 0.3 is 5.97 Å². The zero-order valence-corrected chi connectivity index (χ0v) is 12.6. The summed E-state index contributed by atoms with van der Waals surface area (Å²) in [5, 5.41) is 0. The second-order valence-corrected chi connectivity index (χ2v) is 5.45. The lowest BCUT2D eigenvalue weighted by atomic mass is 9.81. The maximum atomic E-state index is 12.6. The Bertz CT molecular complexity index is 490. The summed E-state index contributed by atoms with van der Waals surface area (Å²) in [6.07, 6.45) is 0. The van der Waals surface area contributed by atoms with E-state index in [0.717, 1.165) is 16.7 Å². The molecule has 19 heavy (non-hydrogen) atoms. The van der Waals surface area contributed by atoms with Crippen LogP contribution in [0, 0.1) is 26.2 Å². The molecular weight excluding hydrogens is 240 g/mol. The first-order chi connectivity index (χ1) is 8.71. The predicted molar refractivity (Wildman–Crippen MR) is 75.4 cm³/mol. The van der Waals surface area contributed by atoms with E-state index in [1.165, 1.54) is 0 Å². The lowest BCUT2D eigenvalue weighted by Crippen LogP contribution is -2.36. The fraction of sp³-hybridized carbons (Fsp3) is 0.500. The van der Waals surface area contributed by atoms with Crippen molar-refractivity contribution in [3.63, 3.8) is 0 Å². The highest BCUT2D eigenvalue weighted by atomic mass is 16.5. The Hall–Kier alpha value is -1.64. The van der Waals surface area contributed by atoms with E-state index in [2.05, 4.69) is 0 Å². The van der Waals surface area contributed by atoms with Gasteiger partial charge in [-0.05, 0) is 52.7 Å². The molecule has 0 N–H and O–H groups in total. The zero-order valence-electron chi connectivity index (χ0n) is 12.6. The molecule has 0 saturated carbocycles. The van der Waals surface area contributed by atoms with E-state index in [0.29, 0.717) is 5.56 Å². The van der Waals surface area contributed by atoms with Gasteiger partial charge in [-0.2, -0.15) is 0 Å². The normalized spacial score (nSPS) is 11.3. The summed E-state index contributed by atoms with van der Waals surface area (Å²) in [5.41, 5.74) is 2.39. The standard InChI is InChI=1S/C16H22O3/c1-7-19-15(18)16(5,6)14(17)13-11(3)8-10(2)9-12(13)4/h8-9H,7H2,1-6H3. The van der Waals surface area contributed by atoms with Crippen molar-refractivity contribution in [1.29, 1.82) is 0 Å². The highest BCUT2D eigenvalue weighted by Gasteiger charge is 2.39. The maximum absolute atomic E-state index is 12.6. The summed E-state index contributed by atoms with van der Waals surface area (Å²) in [7, 11) is 0. The summed E-state index contributed by atoms with van der Waals surface area (Å²) < 4.78 is 4.99. The Balaban J connectivity index is 3.24. The topological polar surface area (TPSA) is 43.4 Å². The largest absolute Gasteiger partial charge is 0.465 e. The first-order valence-electron chi connectivity index (χ1n) is 6.51. The number of ketones is 1. The molecule has 3 nitrogen and oxygen atoms in total. The number of hydrogen-bond donors (Lipinski definition) is 0. The number of Topliss-reactive ketones (excluding diaryl/α,β-unsaturated/α-hetero) is 1. The van der Waals surface area contributed by atoms with E-state index >= 15 is 0 Å². The van der Waals surface area contributed by atoms with Crippen LogP contribution in [-0.4, -0.2) is 18.4 Å². The van der Waals surface area contributed by atoms with Crippen LogP contribution in [0.3, 0.4) is 0 Å². The molecule has 1 rings (SSSR count). The van der Waals surface area contributed by atoms with E-state index in [1.54, 1.807) is 20.8 Å². The Kier molecular flexibility index (Phi) is 4.51. The first kappa shape index (κ1) is 15.4. The van der Waals surface area contributed by atoms with Crippen LogP contribution in [0.4, 0.5) is 0 Å². The van der Waals surface area contributed by atoms with Gasteiger partial charge in [0, 0.05) is 5.56 Å². The van der Waals surface area contributed by atoms with Gasteiger partial charge in [0.15, 0.2) is 5.78 Å². The van der Waals surface area contributed by atoms with Gasteiger partial charge in [0.25, 0.3) is 0 Å². The molecule has 104 valence electrons. The molecule has 0 bridgehead atoms. The lowest BCUT2D eigenvalue weighted by Gasteiger charge is -2.23. The van der Waals surface area contributed by atoms with Gasteiger partial charge < -0.3 is 4.74 Å². The van der Waals surface area contributed by atoms with Gasteiger partial charge in [0.2, 0.25) is 0 Å². The third-order valence-electron chi connectivity index (χ3n) is 3.26. The average Bonchev–Trinajstić information content (AvgIpc) is 2.27. The molecule has 0 heterocycles. The summed E-state index contributed by atoms with van der Waals surface area (Å²) in [6.45, 7) is 11.0. The molecule has 0 aliphatic heterocycles. The number of aryl methyl sites for hydroxylation is 3. The average molecular weight is 262 g/mol. The van der Waals surface area contributed by atoms with Crippen LogP contribution in [-0.2, 0) is 9.53 Å². The Morgan fingerprint density at radius 1 is 1.11 bits per heavy atom. The molecule has 0 unspecified atom stereocenters. The third-order valence-corrected chi connectivity index (χ3v) is 3.26. The molecule has 0 spiro atoms. The summed E-state index contributed by atoms with van der Waals surface area (Å²) in [6, 6.07) is 3.92. The minimum Gasteiger partial charge on any atom is -0.465 e. The molecule has 0 fully saturated rings. The van der Waals surface area contributed by atoms with E-state index < -0.39 is 11.4 Å². The fourth-order valence-electron chi connectivity index (χ4n) is 2.25. The van der Waals surface area contributed by atoms with Gasteiger partial charge in [0.1, 0.15) is 5.41 Å². The minimum absolute atomic E-state index is 0.180. The molecule has 1 aromatic rings. The van der Waals surface area contributed by atoms with Crippen LogP contribution in [0.1, 0.15) is 47.8 Å². The van der Waals surface area contributed by atoms with Crippen LogP contribution in [0.5, 0.6) is 0 Å². The number of ether oxygens (including phenoxy) is 1. The number of benzene rings is 1. The molecule has 0 aromatic heterocycles. The van der Waals surface area contributed by atoms with Crippen LogP contribution < -0.4 is 0 Å². The Labute approximate surface area is 115 Å². The van der Waals surface area contributed by atoms with Crippen LogP contribution >= 0.6 is 0 Å². The maximum Gasteiger partial charge on any atom is 0.319 e. The minimum atomic E-state index is -1.15. The smallest absolute Gasteiger partial charge is 0.319 e. The Morgan fingerprint density at radius 3 is 2.00 bits per heavy atom. The van der Waals surface area contributed by atoms with Crippen molar-refractivity contribution in [2.24, 2.45) is 5.41 Å². The molecule has 0 amide bonds.